The van der Waals surface area contributed by atoms with Crippen LogP contribution < -0.4 is 5.73 Å². The van der Waals surface area contributed by atoms with Crippen molar-refractivity contribution in [2.24, 2.45) is 34.3 Å². The summed E-state index contributed by atoms with van der Waals surface area (Å²) < 4.78 is 0. The quantitative estimate of drug-likeness (QED) is 0.778. The van der Waals surface area contributed by atoms with E-state index in [4.69, 9.17) is 5.73 Å². The Morgan fingerprint density at radius 1 is 1.05 bits per heavy atom. The van der Waals surface area contributed by atoms with Crippen molar-refractivity contribution in [1.82, 2.24) is 0 Å². The molecule has 1 heteroatoms. The van der Waals surface area contributed by atoms with Crippen molar-refractivity contribution in [3.63, 3.8) is 0 Å². The molecule has 0 amide bonds. The van der Waals surface area contributed by atoms with Crippen LogP contribution in [0.15, 0.2) is 0 Å². The van der Waals surface area contributed by atoms with Crippen molar-refractivity contribution in [2.75, 3.05) is 0 Å². The Kier molecular flexibility index (Phi) is 3.10. The zero-order valence-electron chi connectivity index (χ0n) is 13.5. The maximum Gasteiger partial charge on any atom is 0.0102 e. The number of hydrogen-bond acceptors (Lipinski definition) is 1. The van der Waals surface area contributed by atoms with E-state index < -0.39 is 0 Å². The Morgan fingerprint density at radius 2 is 1.58 bits per heavy atom. The van der Waals surface area contributed by atoms with E-state index in [0.29, 0.717) is 10.8 Å². The van der Waals surface area contributed by atoms with Crippen LogP contribution in [0.5, 0.6) is 0 Å². The molecule has 2 N–H and O–H groups in total. The van der Waals surface area contributed by atoms with Crippen LogP contribution in [0.3, 0.4) is 0 Å². The number of rotatable bonds is 4. The van der Waals surface area contributed by atoms with E-state index in [9.17, 15) is 0 Å². The summed E-state index contributed by atoms with van der Waals surface area (Å²) in [5.74, 6) is 2.92. The van der Waals surface area contributed by atoms with Crippen LogP contribution in [0, 0.1) is 28.6 Å². The molecule has 4 aliphatic carbocycles. The molecule has 2 atom stereocenters. The molecule has 110 valence electrons. The van der Waals surface area contributed by atoms with Gasteiger partial charge in [0, 0.05) is 5.54 Å². The average molecular weight is 263 g/mol. The van der Waals surface area contributed by atoms with Crippen LogP contribution in [0.1, 0.15) is 79.1 Å². The molecule has 0 aromatic rings. The minimum atomic E-state index is 0.0185. The summed E-state index contributed by atoms with van der Waals surface area (Å²) in [7, 11) is 0. The molecule has 4 fully saturated rings. The van der Waals surface area contributed by atoms with Gasteiger partial charge in [-0.25, -0.2) is 0 Å². The molecule has 4 rings (SSSR count). The monoisotopic (exact) mass is 263 g/mol. The second-order valence-corrected chi connectivity index (χ2v) is 9.72. The minimum absolute atomic E-state index is 0.0185. The van der Waals surface area contributed by atoms with Gasteiger partial charge in [0.1, 0.15) is 0 Å². The minimum Gasteiger partial charge on any atom is -0.326 e. The number of nitrogens with two attached hydrogens (primary N) is 1. The molecular weight excluding hydrogens is 230 g/mol. The van der Waals surface area contributed by atoms with Gasteiger partial charge in [0.05, 0.1) is 0 Å². The van der Waals surface area contributed by atoms with Crippen molar-refractivity contribution in [1.29, 1.82) is 0 Å². The smallest absolute Gasteiger partial charge is 0.0102 e. The zero-order valence-corrected chi connectivity index (χ0v) is 13.5. The van der Waals surface area contributed by atoms with Gasteiger partial charge >= 0.3 is 0 Å². The van der Waals surface area contributed by atoms with E-state index >= 15 is 0 Å². The summed E-state index contributed by atoms with van der Waals surface area (Å²) in [6, 6.07) is 0. The predicted molar refractivity (Wildman–Crippen MR) is 81.9 cm³/mol. The van der Waals surface area contributed by atoms with Crippen molar-refractivity contribution in [2.45, 2.75) is 84.6 Å². The van der Waals surface area contributed by atoms with Gasteiger partial charge in [-0.1, -0.05) is 13.8 Å². The first-order chi connectivity index (χ1) is 8.69. The molecule has 0 aromatic carbocycles. The fraction of sp³-hybridized carbons (Fsp3) is 1.00. The van der Waals surface area contributed by atoms with Gasteiger partial charge in [-0.3, -0.25) is 0 Å². The largest absolute Gasteiger partial charge is 0.326 e. The highest BCUT2D eigenvalue weighted by Crippen LogP contribution is 2.68. The summed E-state index contributed by atoms with van der Waals surface area (Å²) in [5, 5.41) is 0. The molecule has 19 heavy (non-hydrogen) atoms. The average Bonchev–Trinajstić information content (AvgIpc) is 2.06. The third-order valence-corrected chi connectivity index (χ3v) is 5.98. The molecule has 0 spiro atoms. The van der Waals surface area contributed by atoms with Crippen molar-refractivity contribution >= 4 is 0 Å². The van der Waals surface area contributed by atoms with Crippen LogP contribution in [0.25, 0.3) is 0 Å². The Labute approximate surface area is 119 Å². The summed E-state index contributed by atoms with van der Waals surface area (Å²) >= 11 is 0. The first-order valence-electron chi connectivity index (χ1n) is 8.48. The van der Waals surface area contributed by atoms with E-state index in [0.717, 1.165) is 17.8 Å². The van der Waals surface area contributed by atoms with Crippen molar-refractivity contribution in [3.05, 3.63) is 0 Å². The lowest BCUT2D eigenvalue weighted by Gasteiger charge is -2.64. The van der Waals surface area contributed by atoms with Gasteiger partial charge in [-0.05, 0) is 93.8 Å². The molecule has 4 aliphatic rings. The molecule has 1 nitrogen and oxygen atoms in total. The van der Waals surface area contributed by atoms with E-state index in [1.54, 1.807) is 0 Å². The van der Waals surface area contributed by atoms with Crippen LogP contribution in [-0.4, -0.2) is 5.54 Å². The standard InChI is InChI=1S/C18H33N/c1-13(2)6-17-7-14-5-15(8-17)10-18(9-14,12-17)11-16(3,4)19/h13-15H,5-12,19H2,1-4H3. The highest BCUT2D eigenvalue weighted by Gasteiger charge is 2.57. The van der Waals surface area contributed by atoms with Crippen LogP contribution in [-0.2, 0) is 0 Å². The summed E-state index contributed by atoms with van der Waals surface area (Å²) in [6.07, 6.45) is 11.8. The molecule has 4 saturated carbocycles. The maximum absolute atomic E-state index is 6.40. The Morgan fingerprint density at radius 3 is 2.05 bits per heavy atom. The Bertz CT molecular complexity index is 330. The highest BCUT2D eigenvalue weighted by atomic mass is 14.7. The van der Waals surface area contributed by atoms with E-state index in [2.05, 4.69) is 27.7 Å². The molecular formula is C18H33N. The van der Waals surface area contributed by atoms with Gasteiger partial charge in [0.2, 0.25) is 0 Å². The van der Waals surface area contributed by atoms with Gasteiger partial charge in [-0.2, -0.15) is 0 Å². The van der Waals surface area contributed by atoms with Gasteiger partial charge in [0.15, 0.2) is 0 Å². The van der Waals surface area contributed by atoms with Crippen LogP contribution in [0.4, 0.5) is 0 Å². The molecule has 0 aromatic heterocycles. The first-order valence-corrected chi connectivity index (χ1v) is 8.48. The normalized spacial score (nSPS) is 45.2. The fourth-order valence-corrected chi connectivity index (χ4v) is 6.93. The predicted octanol–water partition coefficient (Wildman–Crippen LogP) is 4.75. The van der Waals surface area contributed by atoms with Crippen molar-refractivity contribution < 1.29 is 0 Å². The van der Waals surface area contributed by atoms with Gasteiger partial charge in [-0.15, -0.1) is 0 Å². The first kappa shape index (κ1) is 13.9. The third-order valence-electron chi connectivity index (χ3n) is 5.98. The maximum atomic E-state index is 6.40. The summed E-state index contributed by atoms with van der Waals surface area (Å²) in [5.41, 5.74) is 7.73. The molecule has 2 unspecified atom stereocenters. The second kappa shape index (κ2) is 4.23. The molecule has 0 heterocycles. The van der Waals surface area contributed by atoms with E-state index in [1.165, 1.54) is 51.4 Å². The molecule has 0 radical (unpaired) electrons. The topological polar surface area (TPSA) is 26.0 Å². The highest BCUT2D eigenvalue weighted by molar-refractivity contribution is 5.09. The van der Waals surface area contributed by atoms with Crippen LogP contribution in [0.2, 0.25) is 0 Å². The lowest BCUT2D eigenvalue weighted by molar-refractivity contribution is -0.126. The Balaban J connectivity index is 1.84. The molecule has 0 saturated heterocycles. The third kappa shape index (κ3) is 2.73. The van der Waals surface area contributed by atoms with Crippen molar-refractivity contribution in [3.8, 4) is 0 Å². The van der Waals surface area contributed by atoms with E-state index in [-0.39, 0.29) is 5.54 Å². The lowest BCUT2D eigenvalue weighted by atomic mass is 9.42. The van der Waals surface area contributed by atoms with Gasteiger partial charge in [0.25, 0.3) is 0 Å². The van der Waals surface area contributed by atoms with E-state index in [1.807, 2.05) is 0 Å². The number of hydrogen-bond donors (Lipinski definition) is 1. The zero-order chi connectivity index (χ0) is 13.9. The Hall–Kier alpha value is -0.0400. The second-order valence-electron chi connectivity index (χ2n) is 9.72. The summed E-state index contributed by atoms with van der Waals surface area (Å²) in [4.78, 5) is 0. The van der Waals surface area contributed by atoms with Crippen LogP contribution >= 0.6 is 0 Å². The SMILES string of the molecule is CC(C)CC12CC3CC(C1)CC(CC(C)(C)N)(C3)C2. The summed E-state index contributed by atoms with van der Waals surface area (Å²) in [6.45, 7) is 9.30. The molecule has 0 aliphatic heterocycles. The lowest BCUT2D eigenvalue weighted by Crippen LogP contribution is -2.55. The molecule has 4 bridgehead atoms. The van der Waals surface area contributed by atoms with Gasteiger partial charge < -0.3 is 5.73 Å². The fourth-order valence-electron chi connectivity index (χ4n) is 6.93.